The summed E-state index contributed by atoms with van der Waals surface area (Å²) in [5.74, 6) is -1.46. The number of nitrogens with zero attached hydrogens (tertiary/aromatic N) is 2. The Hall–Kier alpha value is -2.36. The van der Waals surface area contributed by atoms with Crippen molar-refractivity contribution < 1.29 is 27.5 Å². The minimum Gasteiger partial charge on any atom is -0.377 e. The lowest BCUT2D eigenvalue weighted by atomic mass is 10.2. The summed E-state index contributed by atoms with van der Waals surface area (Å²) in [7, 11) is 0. The molecule has 0 aromatic carbocycles. The highest BCUT2D eigenvalue weighted by Crippen LogP contribution is 2.28. The van der Waals surface area contributed by atoms with Crippen molar-refractivity contribution in [3.63, 3.8) is 0 Å². The Morgan fingerprint density at radius 3 is 2.65 bits per heavy atom. The molecule has 1 aliphatic rings. The summed E-state index contributed by atoms with van der Waals surface area (Å²) in [5.41, 5.74) is 3.37. The Morgan fingerprint density at radius 2 is 2.04 bits per heavy atom. The van der Waals surface area contributed by atoms with Crippen molar-refractivity contribution in [2.45, 2.75) is 18.8 Å². The second kappa shape index (κ2) is 6.41. The number of hydrogen-bond acceptors (Lipinski definition) is 4. The molecule has 10 heteroatoms. The smallest absolute Gasteiger partial charge is 0.377 e. The van der Waals surface area contributed by atoms with Gasteiger partial charge in [-0.05, 0) is 6.07 Å². The molecule has 23 heavy (non-hydrogen) atoms. The zero-order chi connectivity index (χ0) is 17.2. The largest absolute Gasteiger partial charge is 0.417 e. The van der Waals surface area contributed by atoms with Crippen LogP contribution in [0.15, 0.2) is 23.1 Å². The minimum atomic E-state index is -4.63. The van der Waals surface area contributed by atoms with Crippen LogP contribution in [0, 0.1) is 0 Å². The molecule has 0 radical (unpaired) electrons. The summed E-state index contributed by atoms with van der Waals surface area (Å²) in [4.78, 5) is 36.3. The normalized spacial score (nSPS) is 18.7. The van der Waals surface area contributed by atoms with Crippen LogP contribution in [0.2, 0.25) is 0 Å². The number of nitrogens with two attached hydrogens (primary N) is 1. The second-order valence-corrected chi connectivity index (χ2v) is 4.96. The molecule has 1 fully saturated rings. The monoisotopic (exact) mass is 333 g/mol. The fourth-order valence-corrected chi connectivity index (χ4v) is 2.20. The minimum absolute atomic E-state index is 0.0696. The van der Waals surface area contributed by atoms with Crippen molar-refractivity contribution in [3.05, 3.63) is 34.2 Å². The van der Waals surface area contributed by atoms with Gasteiger partial charge in [-0.15, -0.1) is 0 Å². The van der Waals surface area contributed by atoms with Crippen molar-refractivity contribution in [1.29, 1.82) is 0 Å². The van der Waals surface area contributed by atoms with Gasteiger partial charge in [0.1, 0.15) is 12.6 Å². The Labute approximate surface area is 128 Å². The summed E-state index contributed by atoms with van der Waals surface area (Å²) in [6.45, 7) is -0.460. The first-order chi connectivity index (χ1) is 10.7. The van der Waals surface area contributed by atoms with Gasteiger partial charge >= 0.3 is 6.18 Å². The Balaban J connectivity index is 2.22. The lowest BCUT2D eigenvalue weighted by molar-refractivity contribution is -0.147. The maximum Gasteiger partial charge on any atom is 0.417 e. The van der Waals surface area contributed by atoms with Gasteiger partial charge in [-0.3, -0.25) is 14.4 Å². The van der Waals surface area contributed by atoms with Crippen molar-refractivity contribution in [2.24, 2.45) is 5.73 Å². The van der Waals surface area contributed by atoms with E-state index in [4.69, 9.17) is 10.5 Å². The number of pyridine rings is 1. The third-order valence-corrected chi connectivity index (χ3v) is 3.39. The van der Waals surface area contributed by atoms with Crippen LogP contribution in [0.1, 0.15) is 5.56 Å². The van der Waals surface area contributed by atoms with Crippen LogP contribution in [-0.2, 0) is 27.0 Å². The van der Waals surface area contributed by atoms with Crippen molar-refractivity contribution in [3.8, 4) is 0 Å². The summed E-state index contributed by atoms with van der Waals surface area (Å²) in [6, 6.07) is 0.378. The number of ether oxygens (including phenoxy) is 1. The number of carbonyl (C=O) groups is 2. The Kier molecular flexibility index (Phi) is 4.73. The van der Waals surface area contributed by atoms with Crippen LogP contribution in [0.4, 0.5) is 13.2 Å². The second-order valence-electron chi connectivity index (χ2n) is 4.96. The molecule has 1 unspecified atom stereocenters. The van der Waals surface area contributed by atoms with Gasteiger partial charge in [0.2, 0.25) is 11.8 Å². The maximum absolute atomic E-state index is 12.7. The lowest BCUT2D eigenvalue weighted by Gasteiger charge is -2.33. The van der Waals surface area contributed by atoms with E-state index in [-0.39, 0.29) is 19.8 Å². The van der Waals surface area contributed by atoms with Crippen molar-refractivity contribution in [2.75, 3.05) is 19.8 Å². The van der Waals surface area contributed by atoms with E-state index in [9.17, 15) is 27.6 Å². The zero-order valence-electron chi connectivity index (χ0n) is 11.9. The van der Waals surface area contributed by atoms with Gasteiger partial charge in [0, 0.05) is 18.8 Å². The van der Waals surface area contributed by atoms with Gasteiger partial charge in [-0.25, -0.2) is 0 Å². The number of morpholine rings is 1. The number of primary amides is 1. The summed E-state index contributed by atoms with van der Waals surface area (Å²) < 4.78 is 43.7. The first-order valence-electron chi connectivity index (χ1n) is 6.64. The fourth-order valence-electron chi connectivity index (χ4n) is 2.20. The van der Waals surface area contributed by atoms with Crippen LogP contribution >= 0.6 is 0 Å². The number of carbonyl (C=O) groups excluding carboxylic acids is 2. The number of hydrogen-bond donors (Lipinski definition) is 1. The molecule has 7 nitrogen and oxygen atoms in total. The molecule has 1 aromatic heterocycles. The average Bonchev–Trinajstić information content (AvgIpc) is 2.48. The SMILES string of the molecule is NC(=O)C1COCCN1C(=O)Cn1cc(C(F)(F)F)ccc1=O. The van der Waals surface area contributed by atoms with Gasteiger partial charge in [0.15, 0.2) is 0 Å². The lowest BCUT2D eigenvalue weighted by Crippen LogP contribution is -2.55. The molecule has 1 aromatic rings. The van der Waals surface area contributed by atoms with E-state index in [1.54, 1.807) is 0 Å². The number of rotatable bonds is 3. The highest BCUT2D eigenvalue weighted by atomic mass is 19.4. The van der Waals surface area contributed by atoms with Gasteiger partial charge in [0.25, 0.3) is 5.56 Å². The van der Waals surface area contributed by atoms with Crippen LogP contribution in [0.3, 0.4) is 0 Å². The number of halogens is 3. The standard InChI is InChI=1S/C13H14F3N3O4/c14-13(15,16)8-1-2-10(20)18(5-8)6-11(21)19-3-4-23-7-9(19)12(17)22/h1-2,5,9H,3-4,6-7H2,(H2,17,22). The molecule has 2 rings (SSSR count). The molecular weight excluding hydrogens is 319 g/mol. The van der Waals surface area contributed by atoms with Gasteiger partial charge in [0.05, 0.1) is 18.8 Å². The topological polar surface area (TPSA) is 94.6 Å². The third-order valence-electron chi connectivity index (χ3n) is 3.39. The zero-order valence-corrected chi connectivity index (χ0v) is 11.9. The van der Waals surface area contributed by atoms with E-state index in [0.717, 1.165) is 11.0 Å². The van der Waals surface area contributed by atoms with Crippen LogP contribution in [0.25, 0.3) is 0 Å². The first kappa shape index (κ1) is 17.0. The molecule has 2 heterocycles. The average molecular weight is 333 g/mol. The van der Waals surface area contributed by atoms with Crippen LogP contribution in [-0.4, -0.2) is 47.1 Å². The fraction of sp³-hybridized carbons (Fsp3) is 0.462. The molecule has 126 valence electrons. The van der Waals surface area contributed by atoms with Crippen molar-refractivity contribution in [1.82, 2.24) is 9.47 Å². The quantitative estimate of drug-likeness (QED) is 0.813. The maximum atomic E-state index is 12.7. The molecule has 2 amide bonds. The van der Waals surface area contributed by atoms with Gasteiger partial charge in [-0.1, -0.05) is 0 Å². The highest BCUT2D eigenvalue weighted by Gasteiger charge is 2.33. The molecule has 1 atom stereocenters. The van der Waals surface area contributed by atoms with Gasteiger partial charge < -0.3 is 19.9 Å². The molecule has 0 aliphatic carbocycles. The Morgan fingerprint density at radius 1 is 1.35 bits per heavy atom. The highest BCUT2D eigenvalue weighted by molar-refractivity contribution is 5.86. The van der Waals surface area contributed by atoms with E-state index in [0.29, 0.717) is 16.8 Å². The van der Waals surface area contributed by atoms with E-state index in [1.807, 2.05) is 0 Å². The van der Waals surface area contributed by atoms with E-state index < -0.39 is 41.7 Å². The van der Waals surface area contributed by atoms with Crippen LogP contribution < -0.4 is 11.3 Å². The number of aromatic nitrogens is 1. The molecule has 1 saturated heterocycles. The molecule has 1 aliphatic heterocycles. The number of amides is 2. The van der Waals surface area contributed by atoms with Gasteiger partial charge in [-0.2, -0.15) is 13.2 Å². The van der Waals surface area contributed by atoms with Crippen LogP contribution in [0.5, 0.6) is 0 Å². The molecule has 2 N–H and O–H groups in total. The summed E-state index contributed by atoms with van der Waals surface area (Å²) >= 11 is 0. The summed E-state index contributed by atoms with van der Waals surface area (Å²) in [6.07, 6.45) is -4.06. The van der Waals surface area contributed by atoms with E-state index >= 15 is 0 Å². The number of alkyl halides is 3. The van der Waals surface area contributed by atoms with Crippen molar-refractivity contribution >= 4 is 11.8 Å². The van der Waals surface area contributed by atoms with E-state index in [1.165, 1.54) is 0 Å². The molecule has 0 bridgehead atoms. The summed E-state index contributed by atoms with van der Waals surface area (Å²) in [5, 5.41) is 0. The predicted octanol–water partition coefficient (Wildman–Crippen LogP) is -0.420. The van der Waals surface area contributed by atoms with E-state index in [2.05, 4.69) is 0 Å². The molecule has 0 spiro atoms. The third kappa shape index (κ3) is 3.89. The Bertz CT molecular complexity index is 671. The first-order valence-corrected chi connectivity index (χ1v) is 6.64. The molecule has 0 saturated carbocycles. The molecular formula is C13H14F3N3O4. The predicted molar refractivity (Wildman–Crippen MR) is 71.2 cm³/mol.